The van der Waals surface area contributed by atoms with Gasteiger partial charge in [-0.1, -0.05) is 5.11 Å². The van der Waals surface area contributed by atoms with Crippen molar-refractivity contribution in [3.63, 3.8) is 0 Å². The van der Waals surface area contributed by atoms with Crippen LogP contribution in [0.15, 0.2) is 16.5 Å². The third-order valence-electron chi connectivity index (χ3n) is 3.06. The Hall–Kier alpha value is -0.414. The standard InChI is InChI=1S/C9H10N4O4.K/c1-3(14)6-5-2-4(11-12-10)7(9(16)17)13(5)8(6)15;/h3,5-6,14H,2H2,1H3,(H,16,17);/q;+1/p-1/t3-,5-,6-;/m1./s1. The first-order valence-electron chi connectivity index (χ1n) is 4.99. The molecule has 0 aromatic heterocycles. The van der Waals surface area contributed by atoms with E-state index in [0.717, 1.165) is 4.90 Å². The molecule has 1 amide bonds. The number of hydrogen-bond donors (Lipinski definition) is 1. The molecular formula is C9H9KN4O4. The summed E-state index contributed by atoms with van der Waals surface area (Å²) < 4.78 is 0. The van der Waals surface area contributed by atoms with E-state index in [1.165, 1.54) is 6.92 Å². The smallest absolute Gasteiger partial charge is 0.543 e. The Labute approximate surface area is 145 Å². The number of carboxylic acid groups (broad SMARTS) is 1. The van der Waals surface area contributed by atoms with Crippen molar-refractivity contribution in [1.29, 1.82) is 0 Å². The van der Waals surface area contributed by atoms with Crippen molar-refractivity contribution in [2.75, 3.05) is 0 Å². The van der Waals surface area contributed by atoms with E-state index < -0.39 is 29.9 Å². The number of carbonyl (C=O) groups excluding carboxylic acids is 2. The molecule has 0 aliphatic carbocycles. The van der Waals surface area contributed by atoms with E-state index in [1.807, 2.05) is 0 Å². The SMILES string of the molecule is C[C@@H](O)[C@H]1C(=O)N2C(C(=O)[O-])=C(N=[N+]=[N-])C[C@H]12.[K+]. The van der Waals surface area contributed by atoms with Crippen molar-refractivity contribution in [3.05, 3.63) is 21.8 Å². The molecule has 18 heavy (non-hydrogen) atoms. The Bertz CT molecular complexity index is 483. The summed E-state index contributed by atoms with van der Waals surface area (Å²) in [5, 5.41) is 23.5. The largest absolute Gasteiger partial charge is 1.00 e. The van der Waals surface area contributed by atoms with Gasteiger partial charge in [-0.05, 0) is 18.9 Å². The zero-order valence-electron chi connectivity index (χ0n) is 9.90. The summed E-state index contributed by atoms with van der Waals surface area (Å²) in [6.07, 6.45) is -0.730. The molecular weight excluding hydrogens is 267 g/mol. The Morgan fingerprint density at radius 2 is 2.33 bits per heavy atom. The predicted molar refractivity (Wildman–Crippen MR) is 51.6 cm³/mol. The minimum Gasteiger partial charge on any atom is -0.543 e. The average Bonchev–Trinajstić information content (AvgIpc) is 2.53. The van der Waals surface area contributed by atoms with Crippen LogP contribution in [0.5, 0.6) is 0 Å². The Morgan fingerprint density at radius 1 is 1.72 bits per heavy atom. The van der Waals surface area contributed by atoms with E-state index in [2.05, 4.69) is 10.0 Å². The van der Waals surface area contributed by atoms with Crippen LogP contribution >= 0.6 is 0 Å². The topological polar surface area (TPSA) is 129 Å². The summed E-state index contributed by atoms with van der Waals surface area (Å²) in [4.78, 5) is 26.1. The molecule has 3 atom stereocenters. The van der Waals surface area contributed by atoms with Crippen LogP contribution in [0, 0.1) is 5.92 Å². The molecule has 2 aliphatic heterocycles. The molecule has 9 heteroatoms. The van der Waals surface area contributed by atoms with E-state index in [4.69, 9.17) is 5.53 Å². The number of hydrogen-bond acceptors (Lipinski definition) is 5. The van der Waals surface area contributed by atoms with Crippen LogP contribution in [0.4, 0.5) is 0 Å². The molecule has 0 aromatic rings. The van der Waals surface area contributed by atoms with E-state index >= 15 is 0 Å². The second-order valence-corrected chi connectivity index (χ2v) is 4.02. The van der Waals surface area contributed by atoms with Crippen molar-refractivity contribution in [2.45, 2.75) is 25.5 Å². The fourth-order valence-corrected chi connectivity index (χ4v) is 2.38. The molecule has 0 spiro atoms. The van der Waals surface area contributed by atoms with Crippen molar-refractivity contribution in [3.8, 4) is 0 Å². The van der Waals surface area contributed by atoms with Crippen molar-refractivity contribution >= 4 is 11.9 Å². The summed E-state index contributed by atoms with van der Waals surface area (Å²) in [7, 11) is 0. The molecule has 1 saturated heterocycles. The second kappa shape index (κ2) is 5.70. The van der Waals surface area contributed by atoms with Crippen LogP contribution in [-0.4, -0.2) is 34.0 Å². The van der Waals surface area contributed by atoms with Gasteiger partial charge in [0.15, 0.2) is 0 Å². The van der Waals surface area contributed by atoms with Gasteiger partial charge in [-0.15, -0.1) is 0 Å². The molecule has 0 bridgehead atoms. The Balaban J connectivity index is 0.00000162. The van der Waals surface area contributed by atoms with E-state index in [9.17, 15) is 19.8 Å². The second-order valence-electron chi connectivity index (χ2n) is 4.02. The molecule has 8 nitrogen and oxygen atoms in total. The van der Waals surface area contributed by atoms with Gasteiger partial charge in [-0.25, -0.2) is 0 Å². The first kappa shape index (κ1) is 15.6. The molecule has 2 heterocycles. The van der Waals surface area contributed by atoms with Crippen LogP contribution < -0.4 is 56.5 Å². The summed E-state index contributed by atoms with van der Waals surface area (Å²) in [6.45, 7) is 1.46. The number of aliphatic carboxylic acids is 1. The minimum atomic E-state index is -1.55. The van der Waals surface area contributed by atoms with Crippen LogP contribution in [0.1, 0.15) is 13.3 Å². The van der Waals surface area contributed by atoms with E-state index in [-0.39, 0.29) is 69.2 Å². The van der Waals surface area contributed by atoms with E-state index in [1.54, 1.807) is 0 Å². The van der Waals surface area contributed by atoms with Gasteiger partial charge in [-0.3, -0.25) is 4.79 Å². The molecule has 90 valence electrons. The Kier molecular flexibility index (Phi) is 4.95. The van der Waals surface area contributed by atoms with Gasteiger partial charge < -0.3 is 19.9 Å². The molecule has 2 aliphatic rings. The number of aliphatic hydroxyl groups excluding tert-OH is 1. The minimum absolute atomic E-state index is 0. The summed E-state index contributed by atoms with van der Waals surface area (Å²) in [5.74, 6) is -2.67. The zero-order valence-corrected chi connectivity index (χ0v) is 13.0. The number of amides is 1. The Morgan fingerprint density at radius 3 is 2.78 bits per heavy atom. The molecule has 1 N–H and O–H groups in total. The fourth-order valence-electron chi connectivity index (χ4n) is 2.38. The molecule has 0 radical (unpaired) electrons. The van der Waals surface area contributed by atoms with Gasteiger partial charge in [0.2, 0.25) is 5.91 Å². The maximum absolute atomic E-state index is 11.7. The third-order valence-corrected chi connectivity index (χ3v) is 3.06. The van der Waals surface area contributed by atoms with Gasteiger partial charge in [0.25, 0.3) is 0 Å². The van der Waals surface area contributed by atoms with Gasteiger partial charge in [0, 0.05) is 10.6 Å². The van der Waals surface area contributed by atoms with Crippen molar-refractivity contribution in [1.82, 2.24) is 4.90 Å². The number of rotatable bonds is 3. The van der Waals surface area contributed by atoms with Crippen molar-refractivity contribution < 1.29 is 71.2 Å². The van der Waals surface area contributed by atoms with E-state index in [0.29, 0.717) is 0 Å². The number of fused-ring (bicyclic) bond motifs is 1. The fraction of sp³-hybridized carbons (Fsp3) is 0.556. The molecule has 2 rings (SSSR count). The van der Waals surface area contributed by atoms with Crippen LogP contribution in [0.25, 0.3) is 10.4 Å². The van der Waals surface area contributed by atoms with Gasteiger partial charge in [0.1, 0.15) is 0 Å². The first-order chi connectivity index (χ1) is 7.99. The molecule has 0 saturated carbocycles. The number of β-lactam (4-membered cyclic amide) rings is 1. The quantitative estimate of drug-likeness (QED) is 0.184. The van der Waals surface area contributed by atoms with Crippen molar-refractivity contribution in [2.24, 2.45) is 11.0 Å². The average molecular weight is 276 g/mol. The molecule has 0 unspecified atom stereocenters. The summed E-state index contributed by atoms with van der Waals surface area (Å²) in [5.41, 5.74) is 7.92. The maximum atomic E-state index is 11.7. The summed E-state index contributed by atoms with van der Waals surface area (Å²) in [6, 6.07) is -0.448. The normalized spacial score (nSPS) is 26.8. The monoisotopic (exact) mass is 276 g/mol. The van der Waals surface area contributed by atoms with Gasteiger partial charge in [-0.2, -0.15) is 0 Å². The number of aliphatic hydroxyl groups is 1. The van der Waals surface area contributed by atoms with Gasteiger partial charge >= 0.3 is 51.4 Å². The number of carboxylic acids is 1. The summed E-state index contributed by atoms with van der Waals surface area (Å²) >= 11 is 0. The number of carbonyl (C=O) groups is 2. The zero-order chi connectivity index (χ0) is 12.7. The first-order valence-corrected chi connectivity index (χ1v) is 4.99. The van der Waals surface area contributed by atoms with Crippen LogP contribution in [0.2, 0.25) is 0 Å². The van der Waals surface area contributed by atoms with Crippen LogP contribution in [0.3, 0.4) is 0 Å². The van der Waals surface area contributed by atoms with Crippen LogP contribution in [-0.2, 0) is 9.59 Å². The predicted octanol–water partition coefficient (Wildman–Crippen LogP) is -4.13. The number of azide groups is 1. The van der Waals surface area contributed by atoms with Gasteiger partial charge in [0.05, 0.1) is 29.7 Å². The molecule has 1 fully saturated rings. The molecule has 0 aromatic carbocycles. The number of nitrogens with zero attached hydrogens (tertiary/aromatic N) is 4. The third kappa shape index (κ3) is 2.23. The maximum Gasteiger partial charge on any atom is 1.00 e.